The van der Waals surface area contributed by atoms with Crippen LogP contribution in [0.3, 0.4) is 0 Å². The Bertz CT molecular complexity index is 939. The third-order valence-corrected chi connectivity index (χ3v) is 5.03. The second-order valence-corrected chi connectivity index (χ2v) is 6.88. The second kappa shape index (κ2) is 5.15. The summed E-state index contributed by atoms with van der Waals surface area (Å²) in [6, 6.07) is 7.76. The number of aromatic nitrogens is 3. The summed E-state index contributed by atoms with van der Waals surface area (Å²) < 4.78 is 19.2. The first-order valence-corrected chi connectivity index (χ1v) is 8.48. The molecular weight excluding hydrogens is 321 g/mol. The van der Waals surface area contributed by atoms with E-state index in [1.807, 2.05) is 19.9 Å². The molecule has 0 radical (unpaired) electrons. The maximum absolute atomic E-state index is 13.4. The van der Waals surface area contributed by atoms with E-state index < -0.39 is 0 Å². The van der Waals surface area contributed by atoms with Gasteiger partial charge in [0.05, 0.1) is 12.1 Å². The van der Waals surface area contributed by atoms with E-state index in [1.165, 1.54) is 12.1 Å². The van der Waals surface area contributed by atoms with E-state index in [9.17, 15) is 4.39 Å². The van der Waals surface area contributed by atoms with Crippen molar-refractivity contribution in [1.29, 1.82) is 0 Å². The van der Waals surface area contributed by atoms with Gasteiger partial charge >= 0.3 is 0 Å². The zero-order valence-electron chi connectivity index (χ0n) is 14.1. The summed E-state index contributed by atoms with van der Waals surface area (Å²) in [5.74, 6) is 1.48. The summed E-state index contributed by atoms with van der Waals surface area (Å²) in [7, 11) is 0. The zero-order chi connectivity index (χ0) is 17.1. The monoisotopic (exact) mass is 339 g/mol. The SMILES string of the molecule is Cc1cc(N2CC3CC(C2)N3c2nc3ccc(F)cc3o2)nc(C)n1. The molecule has 2 atom stereocenters. The second-order valence-electron chi connectivity index (χ2n) is 6.88. The first-order chi connectivity index (χ1) is 12.1. The van der Waals surface area contributed by atoms with Crippen molar-refractivity contribution >= 4 is 22.9 Å². The molecule has 6 nitrogen and oxygen atoms in total. The lowest BCUT2D eigenvalue weighted by Gasteiger charge is -2.55. The fourth-order valence-electron chi connectivity index (χ4n) is 3.97. The number of aryl methyl sites for hydroxylation is 2. The molecular formula is C18H18FN5O. The fourth-order valence-corrected chi connectivity index (χ4v) is 3.97. The van der Waals surface area contributed by atoms with Gasteiger partial charge < -0.3 is 14.2 Å². The molecule has 3 saturated heterocycles. The maximum Gasteiger partial charge on any atom is 0.299 e. The van der Waals surface area contributed by atoms with E-state index in [1.54, 1.807) is 6.07 Å². The van der Waals surface area contributed by atoms with Crippen molar-refractivity contribution < 1.29 is 8.81 Å². The van der Waals surface area contributed by atoms with E-state index >= 15 is 0 Å². The van der Waals surface area contributed by atoms with Gasteiger partial charge in [0.25, 0.3) is 6.01 Å². The first kappa shape index (κ1) is 14.6. The van der Waals surface area contributed by atoms with Crippen molar-refractivity contribution in [3.05, 3.63) is 41.6 Å². The highest BCUT2D eigenvalue weighted by molar-refractivity contribution is 5.75. The third kappa shape index (κ3) is 2.33. The molecule has 6 rings (SSSR count). The molecule has 7 heteroatoms. The molecule has 2 aromatic heterocycles. The minimum atomic E-state index is -0.306. The summed E-state index contributed by atoms with van der Waals surface area (Å²) in [5, 5.41) is 0. The molecule has 3 aliphatic rings. The number of halogens is 1. The first-order valence-electron chi connectivity index (χ1n) is 8.48. The Morgan fingerprint density at radius 1 is 1.08 bits per heavy atom. The lowest BCUT2D eigenvalue weighted by Crippen LogP contribution is -2.69. The number of rotatable bonds is 2. The summed E-state index contributed by atoms with van der Waals surface area (Å²) >= 11 is 0. The highest BCUT2D eigenvalue weighted by Gasteiger charge is 2.47. The van der Waals surface area contributed by atoms with Crippen molar-refractivity contribution in [2.24, 2.45) is 0 Å². The van der Waals surface area contributed by atoms with Crippen molar-refractivity contribution in [3.63, 3.8) is 0 Å². The number of fused-ring (bicyclic) bond motifs is 3. The van der Waals surface area contributed by atoms with Crippen LogP contribution in [0.15, 0.2) is 28.7 Å². The summed E-state index contributed by atoms with van der Waals surface area (Å²) in [4.78, 5) is 18.0. The number of hydrogen-bond donors (Lipinski definition) is 0. The number of anilines is 2. The van der Waals surface area contributed by atoms with Gasteiger partial charge in [0.2, 0.25) is 0 Å². The quantitative estimate of drug-likeness (QED) is 0.716. The largest absolute Gasteiger partial charge is 0.423 e. The van der Waals surface area contributed by atoms with Gasteiger partial charge in [-0.15, -0.1) is 0 Å². The third-order valence-electron chi connectivity index (χ3n) is 5.03. The maximum atomic E-state index is 13.4. The van der Waals surface area contributed by atoms with Crippen molar-refractivity contribution in [2.75, 3.05) is 22.9 Å². The number of benzene rings is 1. The van der Waals surface area contributed by atoms with Gasteiger partial charge in [-0.05, 0) is 32.4 Å². The van der Waals surface area contributed by atoms with Crippen LogP contribution in [0, 0.1) is 19.7 Å². The van der Waals surface area contributed by atoms with E-state index in [0.717, 1.165) is 36.8 Å². The van der Waals surface area contributed by atoms with Crippen LogP contribution in [0.2, 0.25) is 0 Å². The number of hydrogen-bond acceptors (Lipinski definition) is 6. The predicted octanol–water partition coefficient (Wildman–Crippen LogP) is 2.84. The van der Waals surface area contributed by atoms with Gasteiger partial charge in [-0.2, -0.15) is 4.98 Å². The van der Waals surface area contributed by atoms with Gasteiger partial charge in [0.15, 0.2) is 5.58 Å². The molecule has 0 amide bonds. The molecule has 0 saturated carbocycles. The summed E-state index contributed by atoms with van der Waals surface area (Å²) in [5.41, 5.74) is 2.18. The number of piperazine rings is 1. The van der Waals surface area contributed by atoms with Gasteiger partial charge in [-0.1, -0.05) is 0 Å². The average Bonchev–Trinajstić information content (AvgIpc) is 2.95. The number of nitrogens with zero attached hydrogens (tertiary/aromatic N) is 5. The molecule has 3 fully saturated rings. The van der Waals surface area contributed by atoms with Crippen LogP contribution >= 0.6 is 0 Å². The minimum absolute atomic E-state index is 0.306. The van der Waals surface area contributed by atoms with Crippen LogP contribution in [0.1, 0.15) is 17.9 Å². The molecule has 2 unspecified atom stereocenters. The van der Waals surface area contributed by atoms with Crippen LogP contribution in [-0.4, -0.2) is 40.1 Å². The van der Waals surface area contributed by atoms with Crippen molar-refractivity contribution in [2.45, 2.75) is 32.4 Å². The molecule has 128 valence electrons. The Kier molecular flexibility index (Phi) is 3.01. The van der Waals surface area contributed by atoms with E-state index in [2.05, 4.69) is 24.8 Å². The smallest absolute Gasteiger partial charge is 0.299 e. The van der Waals surface area contributed by atoms with Gasteiger partial charge in [0, 0.05) is 30.9 Å². The molecule has 25 heavy (non-hydrogen) atoms. The fraction of sp³-hybridized carbons (Fsp3) is 0.389. The van der Waals surface area contributed by atoms with E-state index in [0.29, 0.717) is 29.2 Å². The molecule has 3 aliphatic heterocycles. The Balaban J connectivity index is 1.40. The lowest BCUT2D eigenvalue weighted by atomic mass is 9.88. The van der Waals surface area contributed by atoms with Gasteiger partial charge in [0.1, 0.15) is 23.0 Å². The molecule has 1 aromatic carbocycles. The predicted molar refractivity (Wildman–Crippen MR) is 92.4 cm³/mol. The number of oxazole rings is 1. The van der Waals surface area contributed by atoms with E-state index in [4.69, 9.17) is 4.42 Å². The highest BCUT2D eigenvalue weighted by Crippen LogP contribution is 2.39. The molecule has 0 aliphatic carbocycles. The molecule has 5 heterocycles. The topological polar surface area (TPSA) is 58.3 Å². The Hall–Kier alpha value is -2.70. The van der Waals surface area contributed by atoms with Crippen molar-refractivity contribution in [3.8, 4) is 0 Å². The number of piperidine rings is 1. The van der Waals surface area contributed by atoms with Crippen LogP contribution in [-0.2, 0) is 0 Å². The Labute approximate surface area is 144 Å². The van der Waals surface area contributed by atoms with Crippen LogP contribution < -0.4 is 9.80 Å². The van der Waals surface area contributed by atoms with Crippen LogP contribution in [0.5, 0.6) is 0 Å². The summed E-state index contributed by atoms with van der Waals surface area (Å²) in [6.45, 7) is 5.66. The average molecular weight is 339 g/mol. The van der Waals surface area contributed by atoms with Gasteiger partial charge in [-0.3, -0.25) is 0 Å². The molecule has 0 N–H and O–H groups in total. The molecule has 3 aromatic rings. The Morgan fingerprint density at radius 3 is 2.64 bits per heavy atom. The van der Waals surface area contributed by atoms with Crippen LogP contribution in [0.25, 0.3) is 11.1 Å². The Morgan fingerprint density at radius 2 is 1.88 bits per heavy atom. The minimum Gasteiger partial charge on any atom is -0.423 e. The molecule has 0 spiro atoms. The zero-order valence-corrected chi connectivity index (χ0v) is 14.1. The summed E-state index contributed by atoms with van der Waals surface area (Å²) in [6.07, 6.45) is 1.12. The lowest BCUT2D eigenvalue weighted by molar-refractivity contribution is 0.270. The normalized spacial score (nSPS) is 22.4. The van der Waals surface area contributed by atoms with E-state index in [-0.39, 0.29) is 5.82 Å². The van der Waals surface area contributed by atoms with Crippen LogP contribution in [0.4, 0.5) is 16.2 Å². The molecule has 2 bridgehead atoms. The van der Waals surface area contributed by atoms with Gasteiger partial charge in [-0.25, -0.2) is 14.4 Å². The highest BCUT2D eigenvalue weighted by atomic mass is 19.1. The van der Waals surface area contributed by atoms with Crippen molar-refractivity contribution in [1.82, 2.24) is 15.0 Å². The standard InChI is InChI=1S/C18H18FN5O/c1-10-5-17(21-11(2)20-10)23-8-13-7-14(9-23)24(13)18-22-15-4-3-12(19)6-16(15)25-18/h3-6,13-14H,7-9H2,1-2H3.